The van der Waals surface area contributed by atoms with Gasteiger partial charge in [0.05, 0.1) is 0 Å². The molecule has 1 aromatic rings. The number of hydrogen-bond acceptors (Lipinski definition) is 1. The molecule has 4 heteroatoms. The number of halogens is 1. The Bertz CT molecular complexity index is 292. The highest BCUT2D eigenvalue weighted by Gasteiger charge is 1.99. The van der Waals surface area contributed by atoms with E-state index in [0.29, 0.717) is 10.7 Å². The summed E-state index contributed by atoms with van der Waals surface area (Å²) in [5.74, 6) is 0. The minimum atomic E-state index is -1.09. The van der Waals surface area contributed by atoms with Crippen molar-refractivity contribution < 1.29 is 9.90 Å². The summed E-state index contributed by atoms with van der Waals surface area (Å²) in [4.78, 5) is 10.2. The number of hydrogen-bond donors (Lipinski definition) is 2. The second-order valence-electron chi connectivity index (χ2n) is 2.45. The van der Waals surface area contributed by atoms with Gasteiger partial charge in [0.15, 0.2) is 0 Å². The van der Waals surface area contributed by atoms with Crippen LogP contribution in [0.2, 0.25) is 5.02 Å². The summed E-state index contributed by atoms with van der Waals surface area (Å²) in [6.45, 7) is 1.85. The Hall–Kier alpha value is -1.22. The normalized spacial score (nSPS) is 9.50. The molecule has 1 rings (SSSR count). The van der Waals surface area contributed by atoms with E-state index in [-0.39, 0.29) is 0 Å². The molecule has 0 atom stereocenters. The van der Waals surface area contributed by atoms with Crippen molar-refractivity contribution in [2.75, 3.05) is 5.32 Å². The standard InChI is InChI=1S/C8H8ClNO2/c1-5-2-6(9)4-7(3-5)10-8(11)12/h2-4,10H,1H3,(H,11,12). The van der Waals surface area contributed by atoms with Crippen molar-refractivity contribution in [2.45, 2.75) is 6.92 Å². The molecule has 2 N–H and O–H groups in total. The van der Waals surface area contributed by atoms with Crippen molar-refractivity contribution in [1.29, 1.82) is 0 Å². The third kappa shape index (κ3) is 2.43. The highest BCUT2D eigenvalue weighted by molar-refractivity contribution is 6.31. The molecule has 64 valence electrons. The van der Waals surface area contributed by atoms with Gasteiger partial charge in [-0.1, -0.05) is 11.6 Å². The number of nitrogens with one attached hydrogen (secondary N) is 1. The summed E-state index contributed by atoms with van der Waals surface area (Å²) in [6.07, 6.45) is -1.09. The molecule has 0 saturated heterocycles. The SMILES string of the molecule is Cc1cc(Cl)cc(NC(=O)O)c1. The van der Waals surface area contributed by atoms with Crippen LogP contribution in [0.15, 0.2) is 18.2 Å². The molecule has 0 bridgehead atoms. The fraction of sp³-hybridized carbons (Fsp3) is 0.125. The third-order valence-corrected chi connectivity index (χ3v) is 1.51. The number of anilines is 1. The van der Waals surface area contributed by atoms with E-state index in [4.69, 9.17) is 16.7 Å². The Labute approximate surface area is 75.0 Å². The van der Waals surface area contributed by atoms with Gasteiger partial charge < -0.3 is 5.11 Å². The van der Waals surface area contributed by atoms with Crippen molar-refractivity contribution in [3.8, 4) is 0 Å². The molecule has 0 aromatic heterocycles. The van der Waals surface area contributed by atoms with Gasteiger partial charge in [0.2, 0.25) is 0 Å². The average molecular weight is 186 g/mol. The van der Waals surface area contributed by atoms with Crippen LogP contribution >= 0.6 is 11.6 Å². The van der Waals surface area contributed by atoms with Crippen molar-refractivity contribution in [3.05, 3.63) is 28.8 Å². The topological polar surface area (TPSA) is 49.3 Å². The summed E-state index contributed by atoms with van der Waals surface area (Å²) < 4.78 is 0. The van der Waals surface area contributed by atoms with Gasteiger partial charge in [-0.3, -0.25) is 5.32 Å². The van der Waals surface area contributed by atoms with Crippen molar-refractivity contribution in [3.63, 3.8) is 0 Å². The van der Waals surface area contributed by atoms with Gasteiger partial charge in [-0.15, -0.1) is 0 Å². The van der Waals surface area contributed by atoms with Crippen LogP contribution in [0.3, 0.4) is 0 Å². The number of aryl methyl sites for hydroxylation is 1. The Morgan fingerprint density at radius 2 is 2.17 bits per heavy atom. The zero-order valence-electron chi connectivity index (χ0n) is 6.47. The molecule has 1 aromatic carbocycles. The fourth-order valence-electron chi connectivity index (χ4n) is 0.932. The molecule has 0 heterocycles. The van der Waals surface area contributed by atoms with Crippen molar-refractivity contribution in [2.24, 2.45) is 0 Å². The molecule has 0 unspecified atom stereocenters. The highest BCUT2D eigenvalue weighted by atomic mass is 35.5. The predicted molar refractivity (Wildman–Crippen MR) is 47.8 cm³/mol. The molecule has 0 aliphatic carbocycles. The van der Waals surface area contributed by atoms with Gasteiger partial charge in [-0.25, -0.2) is 4.79 Å². The summed E-state index contributed by atoms with van der Waals surface area (Å²) in [5, 5.41) is 11.1. The van der Waals surface area contributed by atoms with Gasteiger partial charge in [0.1, 0.15) is 0 Å². The molecule has 1 amide bonds. The molecular weight excluding hydrogens is 178 g/mol. The monoisotopic (exact) mass is 185 g/mol. The smallest absolute Gasteiger partial charge is 0.409 e. The van der Waals surface area contributed by atoms with Crippen LogP contribution in [0.5, 0.6) is 0 Å². The number of carboxylic acid groups (broad SMARTS) is 1. The molecule has 12 heavy (non-hydrogen) atoms. The van der Waals surface area contributed by atoms with Gasteiger partial charge in [0.25, 0.3) is 0 Å². The Kier molecular flexibility index (Phi) is 2.55. The van der Waals surface area contributed by atoms with E-state index in [1.54, 1.807) is 18.2 Å². The molecule has 0 fully saturated rings. The predicted octanol–water partition coefficient (Wildman–Crippen LogP) is 2.74. The van der Waals surface area contributed by atoms with E-state index in [2.05, 4.69) is 5.32 Å². The number of benzene rings is 1. The first kappa shape index (κ1) is 8.87. The fourth-order valence-corrected chi connectivity index (χ4v) is 1.22. The first-order valence-electron chi connectivity index (χ1n) is 3.35. The zero-order valence-corrected chi connectivity index (χ0v) is 7.22. The van der Waals surface area contributed by atoms with Crippen LogP contribution in [-0.2, 0) is 0 Å². The zero-order chi connectivity index (χ0) is 9.14. The minimum absolute atomic E-state index is 0.493. The van der Waals surface area contributed by atoms with Gasteiger partial charge >= 0.3 is 6.09 Å². The summed E-state index contributed by atoms with van der Waals surface area (Å²) >= 11 is 5.70. The van der Waals surface area contributed by atoms with Crippen LogP contribution in [0.4, 0.5) is 10.5 Å². The molecule has 0 radical (unpaired) electrons. The van der Waals surface area contributed by atoms with Gasteiger partial charge in [-0.2, -0.15) is 0 Å². The van der Waals surface area contributed by atoms with Crippen LogP contribution in [0.25, 0.3) is 0 Å². The number of carbonyl (C=O) groups is 1. The van der Waals surface area contributed by atoms with E-state index in [1.807, 2.05) is 6.92 Å². The number of amides is 1. The van der Waals surface area contributed by atoms with E-state index in [1.165, 1.54) is 0 Å². The Morgan fingerprint density at radius 1 is 1.50 bits per heavy atom. The first-order chi connectivity index (χ1) is 5.58. The number of rotatable bonds is 1. The minimum Gasteiger partial charge on any atom is -0.465 e. The largest absolute Gasteiger partial charge is 0.465 e. The average Bonchev–Trinajstić information content (AvgIpc) is 1.81. The molecular formula is C8H8ClNO2. The quantitative estimate of drug-likeness (QED) is 0.707. The van der Waals surface area contributed by atoms with E-state index in [9.17, 15) is 4.79 Å². The summed E-state index contributed by atoms with van der Waals surface area (Å²) in [7, 11) is 0. The first-order valence-corrected chi connectivity index (χ1v) is 3.73. The van der Waals surface area contributed by atoms with Crippen LogP contribution in [0.1, 0.15) is 5.56 Å². The lowest BCUT2D eigenvalue weighted by Crippen LogP contribution is -2.07. The maximum Gasteiger partial charge on any atom is 0.409 e. The van der Waals surface area contributed by atoms with Crippen LogP contribution < -0.4 is 5.32 Å². The molecule has 0 aliphatic rings. The summed E-state index contributed by atoms with van der Waals surface area (Å²) in [6, 6.07) is 5.03. The van der Waals surface area contributed by atoms with Crippen LogP contribution in [-0.4, -0.2) is 11.2 Å². The second kappa shape index (κ2) is 3.45. The van der Waals surface area contributed by atoms with Gasteiger partial charge in [-0.05, 0) is 30.7 Å². The third-order valence-electron chi connectivity index (χ3n) is 1.29. The Balaban J connectivity index is 2.93. The molecule has 0 saturated carbocycles. The maximum atomic E-state index is 10.2. The van der Waals surface area contributed by atoms with E-state index >= 15 is 0 Å². The molecule has 3 nitrogen and oxygen atoms in total. The Morgan fingerprint density at radius 3 is 2.67 bits per heavy atom. The lowest BCUT2D eigenvalue weighted by molar-refractivity contribution is 0.210. The maximum absolute atomic E-state index is 10.2. The lowest BCUT2D eigenvalue weighted by atomic mass is 10.2. The second-order valence-corrected chi connectivity index (χ2v) is 2.88. The van der Waals surface area contributed by atoms with Crippen molar-refractivity contribution >= 4 is 23.4 Å². The summed E-state index contributed by atoms with van der Waals surface area (Å²) in [5.41, 5.74) is 1.42. The lowest BCUT2D eigenvalue weighted by Gasteiger charge is -2.02. The molecule has 0 aliphatic heterocycles. The van der Waals surface area contributed by atoms with Gasteiger partial charge in [0, 0.05) is 10.7 Å². The molecule has 0 spiro atoms. The van der Waals surface area contributed by atoms with E-state index in [0.717, 1.165) is 5.56 Å². The van der Waals surface area contributed by atoms with Crippen molar-refractivity contribution in [1.82, 2.24) is 0 Å². The van der Waals surface area contributed by atoms with E-state index < -0.39 is 6.09 Å². The highest BCUT2D eigenvalue weighted by Crippen LogP contribution is 2.18. The van der Waals surface area contributed by atoms with Crippen LogP contribution in [0, 0.1) is 6.92 Å².